The summed E-state index contributed by atoms with van der Waals surface area (Å²) in [4.78, 5) is 10.5. The molecular weight excluding hydrogens is 302 g/mol. The van der Waals surface area contributed by atoms with E-state index in [1.165, 1.54) is 19.3 Å². The van der Waals surface area contributed by atoms with Gasteiger partial charge in [-0.3, -0.25) is 0 Å². The Morgan fingerprint density at radius 1 is 1.41 bits per heavy atom. The first-order valence-electron chi connectivity index (χ1n) is 6.01. The van der Waals surface area contributed by atoms with Gasteiger partial charge in [-0.2, -0.15) is 4.98 Å². The summed E-state index contributed by atoms with van der Waals surface area (Å²) >= 11 is 9.34. The molecular formula is C12H19BrClN3. The largest absolute Gasteiger partial charge is 0.353 e. The highest BCUT2D eigenvalue weighted by atomic mass is 79.9. The minimum atomic E-state index is 0.296. The van der Waals surface area contributed by atoms with Crippen LogP contribution in [0.15, 0.2) is 10.7 Å². The molecule has 96 valence electrons. The molecule has 5 heteroatoms. The van der Waals surface area contributed by atoms with Gasteiger partial charge in [0.05, 0.1) is 4.47 Å². The Kier molecular flexibility index (Phi) is 6.20. The van der Waals surface area contributed by atoms with Crippen molar-refractivity contribution in [1.82, 2.24) is 9.97 Å². The fraction of sp³-hybridized carbons (Fsp3) is 0.667. The molecule has 3 nitrogen and oxygen atoms in total. The normalized spacial score (nSPS) is 10.9. The van der Waals surface area contributed by atoms with E-state index in [2.05, 4.69) is 51.6 Å². The second-order valence-electron chi connectivity index (χ2n) is 4.30. The van der Waals surface area contributed by atoms with Crippen LogP contribution >= 0.6 is 27.5 Å². The third-order valence-corrected chi connectivity index (χ3v) is 3.34. The smallest absolute Gasteiger partial charge is 0.224 e. The lowest BCUT2D eigenvalue weighted by Crippen LogP contribution is -2.33. The number of halogens is 2. The Bertz CT molecular complexity index is 358. The van der Waals surface area contributed by atoms with Crippen LogP contribution in [0.3, 0.4) is 0 Å². The van der Waals surface area contributed by atoms with Crippen LogP contribution in [0.5, 0.6) is 0 Å². The number of rotatable bonds is 6. The molecule has 0 fully saturated rings. The summed E-state index contributed by atoms with van der Waals surface area (Å²) in [5.74, 6) is 0.885. The summed E-state index contributed by atoms with van der Waals surface area (Å²) in [6, 6.07) is 0.397. The minimum Gasteiger partial charge on any atom is -0.353 e. The second kappa shape index (κ2) is 7.17. The molecule has 0 aliphatic heterocycles. The van der Waals surface area contributed by atoms with Gasteiger partial charge in [-0.1, -0.05) is 19.8 Å². The number of anilines is 1. The topological polar surface area (TPSA) is 29.0 Å². The van der Waals surface area contributed by atoms with Gasteiger partial charge in [0.1, 0.15) is 5.82 Å². The standard InChI is InChI=1S/C12H19BrClN3/c1-4-5-6-7-17(9(2)3)11-10(13)8-15-12(14)16-11/h8-9H,4-7H2,1-3H3. The maximum atomic E-state index is 5.86. The predicted octanol–water partition coefficient (Wildman–Crippen LogP) is 4.30. The predicted molar refractivity (Wildman–Crippen MR) is 76.7 cm³/mol. The maximum Gasteiger partial charge on any atom is 0.224 e. The highest BCUT2D eigenvalue weighted by molar-refractivity contribution is 9.10. The second-order valence-corrected chi connectivity index (χ2v) is 5.50. The number of hydrogen-bond acceptors (Lipinski definition) is 3. The molecule has 0 aliphatic carbocycles. The van der Waals surface area contributed by atoms with E-state index in [1.54, 1.807) is 6.20 Å². The quantitative estimate of drug-likeness (QED) is 0.578. The first kappa shape index (κ1) is 14.7. The first-order chi connectivity index (χ1) is 8.06. The molecule has 0 amide bonds. The van der Waals surface area contributed by atoms with Gasteiger partial charge >= 0.3 is 0 Å². The van der Waals surface area contributed by atoms with Crippen molar-refractivity contribution in [2.24, 2.45) is 0 Å². The average Bonchev–Trinajstić information content (AvgIpc) is 2.28. The van der Waals surface area contributed by atoms with E-state index in [9.17, 15) is 0 Å². The van der Waals surface area contributed by atoms with Crippen molar-refractivity contribution >= 4 is 33.3 Å². The van der Waals surface area contributed by atoms with E-state index >= 15 is 0 Å². The highest BCUT2D eigenvalue weighted by Crippen LogP contribution is 2.26. The Balaban J connectivity index is 2.85. The molecule has 0 spiro atoms. The lowest BCUT2D eigenvalue weighted by Gasteiger charge is -2.28. The Morgan fingerprint density at radius 2 is 2.12 bits per heavy atom. The van der Waals surface area contributed by atoms with Crippen molar-refractivity contribution in [3.8, 4) is 0 Å². The monoisotopic (exact) mass is 319 g/mol. The van der Waals surface area contributed by atoms with Crippen LogP contribution in [0.2, 0.25) is 5.28 Å². The van der Waals surface area contributed by atoms with Crippen molar-refractivity contribution in [3.05, 3.63) is 16.0 Å². The van der Waals surface area contributed by atoms with E-state index < -0.39 is 0 Å². The molecule has 0 atom stereocenters. The van der Waals surface area contributed by atoms with Crippen molar-refractivity contribution in [2.45, 2.75) is 46.1 Å². The lowest BCUT2D eigenvalue weighted by molar-refractivity contribution is 0.618. The van der Waals surface area contributed by atoms with Gasteiger partial charge in [-0.05, 0) is 47.8 Å². The molecule has 17 heavy (non-hydrogen) atoms. The Labute approximate surface area is 117 Å². The summed E-state index contributed by atoms with van der Waals surface area (Å²) < 4.78 is 0.895. The van der Waals surface area contributed by atoms with Crippen LogP contribution in [0, 0.1) is 0 Å². The van der Waals surface area contributed by atoms with Gasteiger partial charge < -0.3 is 4.90 Å². The Morgan fingerprint density at radius 3 is 2.71 bits per heavy atom. The van der Waals surface area contributed by atoms with Gasteiger partial charge in [-0.25, -0.2) is 4.98 Å². The lowest BCUT2D eigenvalue weighted by atomic mass is 10.2. The fourth-order valence-electron chi connectivity index (χ4n) is 1.68. The average molecular weight is 321 g/mol. The van der Waals surface area contributed by atoms with E-state index in [-0.39, 0.29) is 0 Å². The van der Waals surface area contributed by atoms with E-state index in [0.717, 1.165) is 16.8 Å². The molecule has 1 rings (SSSR count). The molecule has 0 aromatic carbocycles. The fourth-order valence-corrected chi connectivity index (χ4v) is 2.23. The highest BCUT2D eigenvalue weighted by Gasteiger charge is 2.15. The number of nitrogens with zero attached hydrogens (tertiary/aromatic N) is 3. The zero-order valence-electron chi connectivity index (χ0n) is 10.6. The summed E-state index contributed by atoms with van der Waals surface area (Å²) in [7, 11) is 0. The molecule has 0 N–H and O–H groups in total. The van der Waals surface area contributed by atoms with Gasteiger partial charge in [0.15, 0.2) is 0 Å². The van der Waals surface area contributed by atoms with Crippen LogP contribution < -0.4 is 4.90 Å². The SMILES string of the molecule is CCCCCN(c1nc(Cl)ncc1Br)C(C)C. The van der Waals surface area contributed by atoms with Crippen LogP contribution in [0.4, 0.5) is 5.82 Å². The van der Waals surface area contributed by atoms with Gasteiger partial charge in [-0.15, -0.1) is 0 Å². The zero-order chi connectivity index (χ0) is 12.8. The van der Waals surface area contributed by atoms with Crippen molar-refractivity contribution in [2.75, 3.05) is 11.4 Å². The molecule has 0 bridgehead atoms. The molecule has 1 heterocycles. The number of hydrogen-bond donors (Lipinski definition) is 0. The maximum absolute atomic E-state index is 5.86. The van der Waals surface area contributed by atoms with E-state index in [0.29, 0.717) is 11.3 Å². The van der Waals surface area contributed by atoms with Crippen molar-refractivity contribution in [1.29, 1.82) is 0 Å². The van der Waals surface area contributed by atoms with E-state index in [4.69, 9.17) is 11.6 Å². The van der Waals surface area contributed by atoms with Gasteiger partial charge in [0, 0.05) is 18.8 Å². The first-order valence-corrected chi connectivity index (χ1v) is 7.18. The Hall–Kier alpha value is -0.350. The van der Waals surface area contributed by atoms with Gasteiger partial charge in [0.25, 0.3) is 0 Å². The number of aromatic nitrogens is 2. The van der Waals surface area contributed by atoms with E-state index in [1.807, 2.05) is 0 Å². The third-order valence-electron chi connectivity index (χ3n) is 2.59. The van der Waals surface area contributed by atoms with Crippen LogP contribution in [-0.2, 0) is 0 Å². The molecule has 1 aromatic rings. The zero-order valence-corrected chi connectivity index (χ0v) is 12.9. The van der Waals surface area contributed by atoms with Crippen LogP contribution in [0.1, 0.15) is 40.0 Å². The molecule has 0 radical (unpaired) electrons. The molecule has 1 aromatic heterocycles. The van der Waals surface area contributed by atoms with Crippen LogP contribution in [0.25, 0.3) is 0 Å². The summed E-state index contributed by atoms with van der Waals surface area (Å²) in [6.07, 6.45) is 5.33. The van der Waals surface area contributed by atoms with Crippen LogP contribution in [-0.4, -0.2) is 22.6 Å². The summed E-state index contributed by atoms with van der Waals surface area (Å²) in [5.41, 5.74) is 0. The number of unbranched alkanes of at least 4 members (excludes halogenated alkanes) is 2. The van der Waals surface area contributed by atoms with Gasteiger partial charge in [0.2, 0.25) is 5.28 Å². The summed E-state index contributed by atoms with van der Waals surface area (Å²) in [6.45, 7) is 7.53. The molecule has 0 saturated heterocycles. The minimum absolute atomic E-state index is 0.296. The molecule has 0 aliphatic rings. The summed E-state index contributed by atoms with van der Waals surface area (Å²) in [5, 5.41) is 0.296. The third kappa shape index (κ3) is 4.43. The van der Waals surface area contributed by atoms with Crippen molar-refractivity contribution < 1.29 is 0 Å². The molecule has 0 saturated carbocycles. The van der Waals surface area contributed by atoms with Crippen molar-refractivity contribution in [3.63, 3.8) is 0 Å². The molecule has 0 unspecified atom stereocenters.